The average molecular weight is 384 g/mol. The minimum atomic E-state index is -0.419. The fourth-order valence-electron chi connectivity index (χ4n) is 2.33. The van der Waals surface area contributed by atoms with E-state index in [0.29, 0.717) is 28.7 Å². The molecule has 0 aliphatic heterocycles. The van der Waals surface area contributed by atoms with Crippen LogP contribution in [0.3, 0.4) is 0 Å². The lowest BCUT2D eigenvalue weighted by atomic mass is 10.2. The number of nitrogens with zero attached hydrogens (tertiary/aromatic N) is 3. The molecule has 2 N–H and O–H groups in total. The number of hydrogen-bond acceptors (Lipinski definition) is 7. The summed E-state index contributed by atoms with van der Waals surface area (Å²) in [5, 5.41) is 14.7. The van der Waals surface area contributed by atoms with E-state index >= 15 is 0 Å². The van der Waals surface area contributed by atoms with Gasteiger partial charge < -0.3 is 15.4 Å². The number of rotatable bonds is 6. The van der Waals surface area contributed by atoms with Crippen molar-refractivity contribution in [3.05, 3.63) is 64.8 Å². The van der Waals surface area contributed by atoms with Crippen LogP contribution in [0.5, 0.6) is 0 Å². The first-order valence-electron chi connectivity index (χ1n) is 8.33. The summed E-state index contributed by atoms with van der Waals surface area (Å²) < 4.78 is 5.07. The first-order chi connectivity index (χ1) is 13.1. The molecule has 0 aliphatic carbocycles. The van der Waals surface area contributed by atoms with E-state index in [-0.39, 0.29) is 5.95 Å². The molecule has 7 nitrogen and oxygen atoms in total. The van der Waals surface area contributed by atoms with Crippen molar-refractivity contribution in [3.8, 4) is 0 Å². The van der Waals surface area contributed by atoms with Gasteiger partial charge in [-0.15, -0.1) is 5.10 Å². The van der Waals surface area contributed by atoms with E-state index in [1.807, 2.05) is 25.1 Å². The lowest BCUT2D eigenvalue weighted by molar-refractivity contribution is 0.0527. The number of halogens is 1. The molecule has 0 spiro atoms. The molecule has 3 aromatic rings. The smallest absolute Gasteiger partial charge is 0.340 e. The first-order valence-corrected chi connectivity index (χ1v) is 8.70. The van der Waals surface area contributed by atoms with Crippen molar-refractivity contribution in [2.45, 2.75) is 13.8 Å². The molecule has 0 radical (unpaired) electrons. The molecule has 0 atom stereocenters. The maximum atomic E-state index is 12.1. The maximum Gasteiger partial charge on any atom is 0.340 e. The summed E-state index contributed by atoms with van der Waals surface area (Å²) in [4.78, 5) is 16.5. The average Bonchev–Trinajstić information content (AvgIpc) is 2.66. The summed E-state index contributed by atoms with van der Waals surface area (Å²) in [5.74, 6) is 0.313. The Hall–Kier alpha value is -3.19. The number of hydrogen-bond donors (Lipinski definition) is 2. The van der Waals surface area contributed by atoms with Gasteiger partial charge in [-0.2, -0.15) is 10.1 Å². The number of carbonyl (C=O) groups excluding carboxylic acids is 1. The summed E-state index contributed by atoms with van der Waals surface area (Å²) in [5.41, 5.74) is 2.70. The number of nitrogens with one attached hydrogen (secondary N) is 2. The number of aryl methyl sites for hydroxylation is 1. The summed E-state index contributed by atoms with van der Waals surface area (Å²) >= 11 is 6.15. The van der Waals surface area contributed by atoms with E-state index in [0.717, 1.165) is 11.3 Å². The van der Waals surface area contributed by atoms with E-state index in [9.17, 15) is 4.79 Å². The summed E-state index contributed by atoms with van der Waals surface area (Å²) in [6.07, 6.45) is 1.50. The van der Waals surface area contributed by atoms with Crippen LogP contribution in [0.4, 0.5) is 23.1 Å². The van der Waals surface area contributed by atoms with Gasteiger partial charge in [-0.3, -0.25) is 0 Å². The van der Waals surface area contributed by atoms with Crippen molar-refractivity contribution in [3.63, 3.8) is 0 Å². The zero-order chi connectivity index (χ0) is 19.2. The quantitative estimate of drug-likeness (QED) is 0.606. The lowest BCUT2D eigenvalue weighted by Gasteiger charge is -2.11. The third-order valence-corrected chi connectivity index (χ3v) is 4.08. The number of para-hydroxylation sites is 1. The van der Waals surface area contributed by atoms with Gasteiger partial charge in [0.15, 0.2) is 5.82 Å². The molecule has 0 amide bonds. The standard InChI is InChI=1S/C19H18ClN5O2/c1-3-27-18(26)14-6-4-5-7-16(14)23-19-24-17(11-21-25-19)22-13-9-8-12(2)15(20)10-13/h4-11H,3H2,1-2H3,(H2,22,23,24,25). The van der Waals surface area contributed by atoms with Gasteiger partial charge in [0.05, 0.1) is 24.1 Å². The molecule has 138 valence electrons. The third-order valence-electron chi connectivity index (χ3n) is 3.67. The maximum absolute atomic E-state index is 12.1. The van der Waals surface area contributed by atoms with Crippen LogP contribution in [0.15, 0.2) is 48.7 Å². The Morgan fingerprint density at radius 1 is 1.19 bits per heavy atom. The highest BCUT2D eigenvalue weighted by molar-refractivity contribution is 6.31. The largest absolute Gasteiger partial charge is 0.462 e. The molecule has 27 heavy (non-hydrogen) atoms. The second-order valence-corrected chi connectivity index (χ2v) is 6.05. The predicted molar refractivity (Wildman–Crippen MR) is 105 cm³/mol. The molecule has 0 aliphatic rings. The number of esters is 1. The van der Waals surface area contributed by atoms with Crippen LogP contribution >= 0.6 is 11.6 Å². The Bertz CT molecular complexity index is 964. The van der Waals surface area contributed by atoms with Crippen LogP contribution in [0, 0.1) is 6.92 Å². The summed E-state index contributed by atoms with van der Waals surface area (Å²) in [7, 11) is 0. The number of benzene rings is 2. The highest BCUT2D eigenvalue weighted by Gasteiger charge is 2.13. The van der Waals surface area contributed by atoms with Gasteiger partial charge in [-0.25, -0.2) is 4.79 Å². The van der Waals surface area contributed by atoms with Crippen LogP contribution in [-0.2, 0) is 4.74 Å². The van der Waals surface area contributed by atoms with Gasteiger partial charge in [0, 0.05) is 10.7 Å². The Morgan fingerprint density at radius 2 is 2.00 bits per heavy atom. The lowest BCUT2D eigenvalue weighted by Crippen LogP contribution is -2.09. The van der Waals surface area contributed by atoms with Gasteiger partial charge in [0.1, 0.15) is 0 Å². The minimum absolute atomic E-state index is 0.245. The molecule has 0 saturated carbocycles. The Balaban J connectivity index is 1.80. The molecule has 8 heteroatoms. The molecule has 0 unspecified atom stereocenters. The van der Waals surface area contributed by atoms with E-state index in [4.69, 9.17) is 16.3 Å². The van der Waals surface area contributed by atoms with Crippen molar-refractivity contribution < 1.29 is 9.53 Å². The second kappa shape index (κ2) is 8.46. The minimum Gasteiger partial charge on any atom is -0.462 e. The molecule has 2 aromatic carbocycles. The molecule has 0 fully saturated rings. The van der Waals surface area contributed by atoms with Gasteiger partial charge in [0.25, 0.3) is 0 Å². The molecular formula is C19H18ClN5O2. The fourth-order valence-corrected chi connectivity index (χ4v) is 2.52. The number of ether oxygens (including phenoxy) is 1. The molecular weight excluding hydrogens is 366 g/mol. The topological polar surface area (TPSA) is 89.0 Å². The number of aromatic nitrogens is 3. The van der Waals surface area contributed by atoms with E-state index < -0.39 is 5.97 Å². The van der Waals surface area contributed by atoms with Gasteiger partial charge in [-0.1, -0.05) is 29.8 Å². The zero-order valence-electron chi connectivity index (χ0n) is 14.9. The second-order valence-electron chi connectivity index (χ2n) is 5.65. The number of carbonyl (C=O) groups is 1. The first kappa shape index (κ1) is 18.6. The molecule has 1 aromatic heterocycles. The summed E-state index contributed by atoms with van der Waals surface area (Å²) in [6, 6.07) is 12.6. The van der Waals surface area contributed by atoms with Crippen LogP contribution in [0.25, 0.3) is 0 Å². The van der Waals surface area contributed by atoms with Crippen LogP contribution in [0.2, 0.25) is 5.02 Å². The van der Waals surface area contributed by atoms with E-state index in [1.165, 1.54) is 6.20 Å². The van der Waals surface area contributed by atoms with Crippen LogP contribution < -0.4 is 10.6 Å². The van der Waals surface area contributed by atoms with Crippen LogP contribution in [0.1, 0.15) is 22.8 Å². The van der Waals surface area contributed by atoms with Gasteiger partial charge in [0.2, 0.25) is 5.95 Å². The zero-order valence-corrected chi connectivity index (χ0v) is 15.6. The van der Waals surface area contributed by atoms with E-state index in [2.05, 4.69) is 25.8 Å². The van der Waals surface area contributed by atoms with Crippen molar-refractivity contribution in [2.24, 2.45) is 0 Å². The molecule has 3 rings (SSSR count). The molecule has 0 saturated heterocycles. The number of anilines is 4. The summed E-state index contributed by atoms with van der Waals surface area (Å²) in [6.45, 7) is 3.98. The van der Waals surface area contributed by atoms with Gasteiger partial charge >= 0.3 is 5.97 Å². The van der Waals surface area contributed by atoms with E-state index in [1.54, 1.807) is 31.2 Å². The normalized spacial score (nSPS) is 10.3. The Labute approximate surface area is 161 Å². The van der Waals surface area contributed by atoms with Crippen molar-refractivity contribution in [1.29, 1.82) is 0 Å². The molecule has 0 bridgehead atoms. The highest BCUT2D eigenvalue weighted by atomic mass is 35.5. The third kappa shape index (κ3) is 4.71. The Morgan fingerprint density at radius 3 is 2.78 bits per heavy atom. The SMILES string of the molecule is CCOC(=O)c1ccccc1Nc1nncc(Nc2ccc(C)c(Cl)c2)n1. The molecule has 1 heterocycles. The van der Waals surface area contributed by atoms with Crippen LogP contribution in [-0.4, -0.2) is 27.8 Å². The highest BCUT2D eigenvalue weighted by Crippen LogP contribution is 2.23. The monoisotopic (exact) mass is 383 g/mol. The Kier molecular flexibility index (Phi) is 5.83. The van der Waals surface area contributed by atoms with Gasteiger partial charge in [-0.05, 0) is 43.7 Å². The van der Waals surface area contributed by atoms with Crippen molar-refractivity contribution >= 4 is 40.7 Å². The van der Waals surface area contributed by atoms with Crippen molar-refractivity contribution in [2.75, 3.05) is 17.2 Å². The van der Waals surface area contributed by atoms with Crippen molar-refractivity contribution in [1.82, 2.24) is 15.2 Å². The fraction of sp³-hybridized carbons (Fsp3) is 0.158. The predicted octanol–water partition coefficient (Wildman–Crippen LogP) is 4.50.